The molecule has 0 unspecified atom stereocenters. The molecular formula is C20H23ClN2O2. The number of piperidine rings is 1. The molecule has 3 rings (SSSR count). The molecule has 1 aliphatic heterocycles. The predicted octanol–water partition coefficient (Wildman–Crippen LogP) is 4.20. The summed E-state index contributed by atoms with van der Waals surface area (Å²) in [4.78, 5) is 15.0. The van der Waals surface area contributed by atoms with Crippen LogP contribution < -0.4 is 10.1 Å². The van der Waals surface area contributed by atoms with Crippen LogP contribution in [0.2, 0.25) is 5.02 Å². The highest BCUT2D eigenvalue weighted by atomic mass is 35.5. The molecule has 25 heavy (non-hydrogen) atoms. The van der Waals surface area contributed by atoms with Crippen LogP contribution in [0.3, 0.4) is 0 Å². The summed E-state index contributed by atoms with van der Waals surface area (Å²) in [6.45, 7) is 2.80. The topological polar surface area (TPSA) is 41.6 Å². The molecule has 2 aromatic rings. The first-order valence-corrected chi connectivity index (χ1v) is 8.94. The van der Waals surface area contributed by atoms with Crippen molar-refractivity contribution in [1.82, 2.24) is 4.90 Å². The van der Waals surface area contributed by atoms with Crippen molar-refractivity contribution in [2.75, 3.05) is 25.5 Å². The molecule has 132 valence electrons. The minimum absolute atomic E-state index is 0.0238. The van der Waals surface area contributed by atoms with Crippen molar-refractivity contribution in [2.24, 2.45) is 5.92 Å². The van der Waals surface area contributed by atoms with E-state index in [1.807, 2.05) is 6.07 Å². The molecule has 0 aliphatic carbocycles. The van der Waals surface area contributed by atoms with Crippen LogP contribution in [0.5, 0.6) is 5.75 Å². The van der Waals surface area contributed by atoms with Gasteiger partial charge in [0.1, 0.15) is 5.75 Å². The van der Waals surface area contributed by atoms with Gasteiger partial charge >= 0.3 is 0 Å². The number of methoxy groups -OCH3 is 1. The highest BCUT2D eigenvalue weighted by Crippen LogP contribution is 2.29. The molecule has 1 saturated heterocycles. The first-order chi connectivity index (χ1) is 12.2. The van der Waals surface area contributed by atoms with Gasteiger partial charge in [-0.25, -0.2) is 0 Å². The van der Waals surface area contributed by atoms with Crippen molar-refractivity contribution in [3.05, 3.63) is 59.1 Å². The van der Waals surface area contributed by atoms with Crippen LogP contribution >= 0.6 is 11.6 Å². The molecule has 1 heterocycles. The Morgan fingerprint density at radius 2 is 1.92 bits per heavy atom. The summed E-state index contributed by atoms with van der Waals surface area (Å²) in [5.41, 5.74) is 1.95. The average Bonchev–Trinajstić information content (AvgIpc) is 2.63. The van der Waals surface area contributed by atoms with Gasteiger partial charge in [0.15, 0.2) is 0 Å². The van der Waals surface area contributed by atoms with E-state index in [4.69, 9.17) is 16.3 Å². The monoisotopic (exact) mass is 358 g/mol. The van der Waals surface area contributed by atoms with Crippen LogP contribution in [-0.2, 0) is 11.3 Å². The smallest absolute Gasteiger partial charge is 0.227 e. The Labute approximate surface area is 153 Å². The lowest BCUT2D eigenvalue weighted by molar-refractivity contribution is -0.121. The molecule has 4 nitrogen and oxygen atoms in total. The molecule has 0 saturated carbocycles. The normalized spacial score (nSPS) is 15.8. The van der Waals surface area contributed by atoms with Crippen molar-refractivity contribution in [1.29, 1.82) is 0 Å². The van der Waals surface area contributed by atoms with Gasteiger partial charge in [-0.3, -0.25) is 9.69 Å². The number of ether oxygens (including phenoxy) is 1. The van der Waals surface area contributed by atoms with Gasteiger partial charge in [0, 0.05) is 17.5 Å². The number of anilines is 1. The predicted molar refractivity (Wildman–Crippen MR) is 101 cm³/mol. The summed E-state index contributed by atoms with van der Waals surface area (Å²) >= 11 is 6.03. The first-order valence-electron chi connectivity index (χ1n) is 8.56. The molecule has 0 bridgehead atoms. The third-order valence-electron chi connectivity index (χ3n) is 4.63. The quantitative estimate of drug-likeness (QED) is 0.870. The molecule has 1 amide bonds. The van der Waals surface area contributed by atoms with E-state index in [0.29, 0.717) is 16.5 Å². The van der Waals surface area contributed by atoms with Crippen LogP contribution in [0.25, 0.3) is 0 Å². The van der Waals surface area contributed by atoms with Crippen LogP contribution in [0, 0.1) is 5.92 Å². The average molecular weight is 359 g/mol. The molecule has 0 aromatic heterocycles. The van der Waals surface area contributed by atoms with E-state index in [-0.39, 0.29) is 11.8 Å². The summed E-state index contributed by atoms with van der Waals surface area (Å²) < 4.78 is 5.29. The largest absolute Gasteiger partial charge is 0.495 e. The second-order valence-corrected chi connectivity index (χ2v) is 6.81. The van der Waals surface area contributed by atoms with Gasteiger partial charge in [-0.15, -0.1) is 0 Å². The van der Waals surface area contributed by atoms with E-state index >= 15 is 0 Å². The number of nitrogens with one attached hydrogen (secondary N) is 1. The van der Waals surface area contributed by atoms with E-state index in [2.05, 4.69) is 34.5 Å². The van der Waals surface area contributed by atoms with Crippen molar-refractivity contribution >= 4 is 23.2 Å². The number of rotatable bonds is 5. The molecule has 1 fully saturated rings. The number of halogens is 1. The van der Waals surface area contributed by atoms with Gasteiger partial charge in [0.05, 0.1) is 12.8 Å². The maximum absolute atomic E-state index is 12.6. The highest BCUT2D eigenvalue weighted by molar-refractivity contribution is 6.31. The summed E-state index contributed by atoms with van der Waals surface area (Å²) in [7, 11) is 1.58. The number of hydrogen-bond acceptors (Lipinski definition) is 3. The van der Waals surface area contributed by atoms with Crippen LogP contribution in [0.4, 0.5) is 5.69 Å². The van der Waals surface area contributed by atoms with Gasteiger partial charge in [0.25, 0.3) is 0 Å². The number of likely N-dealkylation sites (tertiary alicyclic amines) is 1. The number of hydrogen-bond donors (Lipinski definition) is 1. The summed E-state index contributed by atoms with van der Waals surface area (Å²) in [6, 6.07) is 15.7. The van der Waals surface area contributed by atoms with Gasteiger partial charge in [-0.2, -0.15) is 0 Å². The number of nitrogens with zero attached hydrogens (tertiary/aromatic N) is 1. The van der Waals surface area contributed by atoms with E-state index in [0.717, 1.165) is 32.5 Å². The fourth-order valence-electron chi connectivity index (χ4n) is 3.21. The number of benzene rings is 2. The molecular weight excluding hydrogens is 336 g/mol. The fourth-order valence-corrected chi connectivity index (χ4v) is 3.38. The minimum atomic E-state index is 0.0238. The number of amides is 1. The Morgan fingerprint density at radius 3 is 2.60 bits per heavy atom. The molecule has 1 aliphatic rings. The standard InChI is InChI=1S/C20H23ClN2O2/c1-25-19-8-7-17(21)13-18(19)22-20(24)16-9-11-23(12-10-16)14-15-5-3-2-4-6-15/h2-8,13,16H,9-12,14H2,1H3,(H,22,24). The highest BCUT2D eigenvalue weighted by Gasteiger charge is 2.25. The van der Waals surface area contributed by atoms with Gasteiger partial charge in [-0.1, -0.05) is 41.9 Å². The zero-order valence-electron chi connectivity index (χ0n) is 14.4. The molecule has 0 spiro atoms. The maximum atomic E-state index is 12.6. The molecule has 1 N–H and O–H groups in total. The summed E-state index contributed by atoms with van der Waals surface area (Å²) in [5, 5.41) is 3.55. The molecule has 0 atom stereocenters. The number of carbonyl (C=O) groups is 1. The zero-order chi connectivity index (χ0) is 17.6. The SMILES string of the molecule is COc1ccc(Cl)cc1NC(=O)C1CCN(Cc2ccccc2)CC1. The van der Waals surface area contributed by atoms with Crippen molar-refractivity contribution in [2.45, 2.75) is 19.4 Å². The summed E-state index contributed by atoms with van der Waals surface area (Å²) in [5.74, 6) is 0.690. The third kappa shape index (κ3) is 4.74. The Morgan fingerprint density at radius 1 is 1.20 bits per heavy atom. The second-order valence-electron chi connectivity index (χ2n) is 6.37. The minimum Gasteiger partial charge on any atom is -0.495 e. The maximum Gasteiger partial charge on any atom is 0.227 e. The van der Waals surface area contributed by atoms with Crippen molar-refractivity contribution in [3.8, 4) is 5.75 Å². The van der Waals surface area contributed by atoms with Gasteiger partial charge in [-0.05, 0) is 49.7 Å². The van der Waals surface area contributed by atoms with E-state index < -0.39 is 0 Å². The Bertz CT molecular complexity index is 713. The third-order valence-corrected chi connectivity index (χ3v) is 4.86. The lowest BCUT2D eigenvalue weighted by atomic mass is 9.95. The summed E-state index contributed by atoms with van der Waals surface area (Å²) in [6.07, 6.45) is 1.73. The Balaban J connectivity index is 1.54. The van der Waals surface area contributed by atoms with Gasteiger partial charge < -0.3 is 10.1 Å². The Hall–Kier alpha value is -2.04. The second kappa shape index (κ2) is 8.37. The molecule has 2 aromatic carbocycles. The van der Waals surface area contributed by atoms with Gasteiger partial charge in [0.2, 0.25) is 5.91 Å². The van der Waals surface area contributed by atoms with E-state index in [9.17, 15) is 4.79 Å². The zero-order valence-corrected chi connectivity index (χ0v) is 15.1. The first kappa shape index (κ1) is 17.8. The molecule has 0 radical (unpaired) electrons. The van der Waals surface area contributed by atoms with Crippen LogP contribution in [0.15, 0.2) is 48.5 Å². The lowest BCUT2D eigenvalue weighted by Gasteiger charge is -2.31. The lowest BCUT2D eigenvalue weighted by Crippen LogP contribution is -2.37. The number of carbonyl (C=O) groups excluding carboxylic acids is 1. The Kier molecular flexibility index (Phi) is 5.95. The molecule has 5 heteroatoms. The van der Waals surface area contributed by atoms with Crippen molar-refractivity contribution in [3.63, 3.8) is 0 Å². The van der Waals surface area contributed by atoms with E-state index in [1.165, 1.54) is 5.56 Å². The van der Waals surface area contributed by atoms with Crippen molar-refractivity contribution < 1.29 is 9.53 Å². The van der Waals surface area contributed by atoms with Crippen LogP contribution in [0.1, 0.15) is 18.4 Å². The fraction of sp³-hybridized carbons (Fsp3) is 0.350. The van der Waals surface area contributed by atoms with E-state index in [1.54, 1.807) is 25.3 Å². The van der Waals surface area contributed by atoms with Crippen LogP contribution in [-0.4, -0.2) is 31.0 Å².